The number of benzene rings is 1. The van der Waals surface area contributed by atoms with Crippen LogP contribution in [-0.2, 0) is 28.6 Å². The Kier molecular flexibility index (Phi) is 7.29. The number of aromatic hydroxyl groups is 1. The van der Waals surface area contributed by atoms with Crippen LogP contribution in [0.5, 0.6) is 5.75 Å². The Morgan fingerprint density at radius 3 is 1.94 bits per heavy atom. The maximum atomic E-state index is 12.9. The third kappa shape index (κ3) is 6.10. The lowest BCUT2D eigenvalue weighted by molar-refractivity contribution is -0.133. The molecule has 2 aromatic rings. The van der Waals surface area contributed by atoms with E-state index in [1.165, 1.54) is 5.56 Å². The summed E-state index contributed by atoms with van der Waals surface area (Å²) < 4.78 is 0. The van der Waals surface area contributed by atoms with E-state index in [1.807, 2.05) is 29.4 Å². The highest BCUT2D eigenvalue weighted by Crippen LogP contribution is 2.40. The van der Waals surface area contributed by atoms with E-state index < -0.39 is 0 Å². The molecule has 1 aromatic heterocycles. The Hall–Kier alpha value is -2.40. The van der Waals surface area contributed by atoms with Crippen molar-refractivity contribution in [2.75, 3.05) is 26.2 Å². The van der Waals surface area contributed by atoms with Gasteiger partial charge in [-0.2, -0.15) is 0 Å². The molecule has 174 valence electrons. The minimum Gasteiger partial charge on any atom is -0.507 e. The molecule has 0 saturated carbocycles. The Labute approximate surface area is 193 Å². The topological polar surface area (TPSA) is 56.7 Å². The summed E-state index contributed by atoms with van der Waals surface area (Å²) in [7, 11) is 0. The smallest absolute Gasteiger partial charge is 0.222 e. The molecule has 1 aromatic carbocycles. The number of phenolic OH excluding ortho intramolecular Hbond substituents is 1. The van der Waals surface area contributed by atoms with Gasteiger partial charge >= 0.3 is 0 Å². The van der Waals surface area contributed by atoms with E-state index in [1.54, 1.807) is 0 Å². The van der Waals surface area contributed by atoms with Crippen LogP contribution >= 0.6 is 0 Å². The number of hydrogen-bond acceptors (Lipinski definition) is 4. The molecule has 0 bridgehead atoms. The maximum absolute atomic E-state index is 12.9. The molecule has 32 heavy (non-hydrogen) atoms. The fraction of sp³-hybridized carbons (Fsp3) is 0.556. The molecule has 0 spiro atoms. The van der Waals surface area contributed by atoms with Crippen molar-refractivity contribution >= 4 is 5.91 Å². The summed E-state index contributed by atoms with van der Waals surface area (Å²) in [4.78, 5) is 21.4. The molecule has 3 rings (SSSR count). The average Bonchev–Trinajstić information content (AvgIpc) is 2.72. The van der Waals surface area contributed by atoms with Gasteiger partial charge in [0.2, 0.25) is 5.91 Å². The summed E-state index contributed by atoms with van der Waals surface area (Å²) in [5.74, 6) is 0.613. The van der Waals surface area contributed by atoms with Gasteiger partial charge < -0.3 is 10.0 Å². The normalized spacial score (nSPS) is 15.8. The van der Waals surface area contributed by atoms with Gasteiger partial charge in [-0.3, -0.25) is 14.7 Å². The van der Waals surface area contributed by atoms with Gasteiger partial charge in [0.25, 0.3) is 0 Å². The van der Waals surface area contributed by atoms with Crippen molar-refractivity contribution in [3.8, 4) is 5.75 Å². The highest BCUT2D eigenvalue weighted by atomic mass is 16.3. The van der Waals surface area contributed by atoms with E-state index in [-0.39, 0.29) is 16.7 Å². The van der Waals surface area contributed by atoms with Crippen LogP contribution in [0.2, 0.25) is 0 Å². The second-order valence-electron chi connectivity index (χ2n) is 11.1. The third-order valence-corrected chi connectivity index (χ3v) is 6.29. The van der Waals surface area contributed by atoms with Gasteiger partial charge in [0.15, 0.2) is 0 Å². The van der Waals surface area contributed by atoms with E-state index in [4.69, 9.17) is 0 Å². The number of carbonyl (C=O) groups excluding carboxylic acids is 1. The van der Waals surface area contributed by atoms with E-state index in [2.05, 4.69) is 63.6 Å². The molecule has 1 aliphatic rings. The van der Waals surface area contributed by atoms with E-state index in [0.717, 1.165) is 49.4 Å². The molecule has 0 radical (unpaired) electrons. The highest BCUT2D eigenvalue weighted by Gasteiger charge is 2.27. The van der Waals surface area contributed by atoms with Crippen LogP contribution in [0.15, 0.2) is 36.7 Å². The summed E-state index contributed by atoms with van der Waals surface area (Å²) in [5, 5.41) is 10.9. The number of phenols is 1. The van der Waals surface area contributed by atoms with E-state index in [0.29, 0.717) is 18.6 Å². The van der Waals surface area contributed by atoms with Crippen molar-refractivity contribution in [3.63, 3.8) is 0 Å². The van der Waals surface area contributed by atoms with Crippen molar-refractivity contribution in [2.24, 2.45) is 0 Å². The number of piperazine rings is 1. The predicted molar refractivity (Wildman–Crippen MR) is 130 cm³/mol. The standard InChI is InChI=1S/C27H39N3O2/c1-26(2,3)22-17-21(18-23(25(22)32)27(4,5)6)7-8-24(31)30-15-13-29(14-16-30)19-20-9-11-28-12-10-20/h9-12,17-18,32H,7-8,13-16,19H2,1-6H3. The van der Waals surface area contributed by atoms with Crippen LogP contribution in [0.3, 0.4) is 0 Å². The number of aryl methyl sites for hydroxylation is 1. The van der Waals surface area contributed by atoms with E-state index in [9.17, 15) is 9.90 Å². The zero-order chi connectivity index (χ0) is 23.5. The quantitative estimate of drug-likeness (QED) is 0.739. The Morgan fingerprint density at radius 2 is 1.44 bits per heavy atom. The lowest BCUT2D eigenvalue weighted by Gasteiger charge is -2.35. The SMILES string of the molecule is CC(C)(C)c1cc(CCC(=O)N2CCN(Cc3ccncc3)CC2)cc(C(C)(C)C)c1O. The molecule has 1 aliphatic heterocycles. The number of aromatic nitrogens is 1. The highest BCUT2D eigenvalue weighted by molar-refractivity contribution is 5.76. The summed E-state index contributed by atoms with van der Waals surface area (Å²) in [6.07, 6.45) is 4.86. The first-order valence-corrected chi connectivity index (χ1v) is 11.7. The van der Waals surface area contributed by atoms with Crippen molar-refractivity contribution in [3.05, 3.63) is 58.9 Å². The molecule has 5 nitrogen and oxygen atoms in total. The lowest BCUT2D eigenvalue weighted by atomic mass is 9.78. The number of amides is 1. The predicted octanol–water partition coefficient (Wildman–Crippen LogP) is 4.66. The van der Waals surface area contributed by atoms with Crippen LogP contribution in [0.1, 0.15) is 70.2 Å². The van der Waals surface area contributed by atoms with Crippen LogP contribution in [-0.4, -0.2) is 52.0 Å². The van der Waals surface area contributed by atoms with Gasteiger partial charge in [-0.15, -0.1) is 0 Å². The number of hydrogen-bond donors (Lipinski definition) is 1. The second-order valence-corrected chi connectivity index (χ2v) is 11.1. The van der Waals surface area contributed by atoms with Gasteiger partial charge in [0.1, 0.15) is 5.75 Å². The zero-order valence-corrected chi connectivity index (χ0v) is 20.6. The van der Waals surface area contributed by atoms with Crippen LogP contribution in [0.4, 0.5) is 0 Å². The molecular weight excluding hydrogens is 398 g/mol. The molecule has 0 unspecified atom stereocenters. The fourth-order valence-electron chi connectivity index (χ4n) is 4.29. The van der Waals surface area contributed by atoms with Crippen molar-refractivity contribution in [1.82, 2.24) is 14.8 Å². The number of pyridine rings is 1. The van der Waals surface area contributed by atoms with Gasteiger partial charge in [-0.1, -0.05) is 53.7 Å². The molecule has 1 fully saturated rings. The number of carbonyl (C=O) groups is 1. The Bertz CT molecular complexity index is 883. The van der Waals surface area contributed by atoms with E-state index >= 15 is 0 Å². The van der Waals surface area contributed by atoms with Crippen molar-refractivity contribution in [1.29, 1.82) is 0 Å². The van der Waals surface area contributed by atoms with Gasteiger partial charge in [0, 0.05) is 51.5 Å². The molecule has 0 aliphatic carbocycles. The number of nitrogens with zero attached hydrogens (tertiary/aromatic N) is 3. The molecule has 2 heterocycles. The summed E-state index contributed by atoms with van der Waals surface area (Å²) in [5.41, 5.74) is 3.98. The minimum absolute atomic E-state index is 0.157. The van der Waals surface area contributed by atoms with Crippen LogP contribution in [0, 0.1) is 0 Å². The fourth-order valence-corrected chi connectivity index (χ4v) is 4.29. The minimum atomic E-state index is -0.157. The average molecular weight is 438 g/mol. The van der Waals surface area contributed by atoms with Crippen LogP contribution in [0.25, 0.3) is 0 Å². The van der Waals surface area contributed by atoms with Gasteiger partial charge in [-0.05, 0) is 51.6 Å². The largest absolute Gasteiger partial charge is 0.507 e. The Morgan fingerprint density at radius 1 is 0.906 bits per heavy atom. The molecule has 1 saturated heterocycles. The summed E-state index contributed by atoms with van der Waals surface area (Å²) in [6, 6.07) is 8.27. The molecular formula is C27H39N3O2. The van der Waals surface area contributed by atoms with Gasteiger partial charge in [-0.25, -0.2) is 0 Å². The lowest BCUT2D eigenvalue weighted by Crippen LogP contribution is -2.48. The number of rotatable bonds is 5. The summed E-state index contributed by atoms with van der Waals surface area (Å²) >= 11 is 0. The summed E-state index contributed by atoms with van der Waals surface area (Å²) in [6.45, 7) is 17.0. The zero-order valence-electron chi connectivity index (χ0n) is 20.6. The molecule has 0 atom stereocenters. The van der Waals surface area contributed by atoms with Crippen molar-refractivity contribution in [2.45, 2.75) is 71.8 Å². The third-order valence-electron chi connectivity index (χ3n) is 6.29. The first-order valence-electron chi connectivity index (χ1n) is 11.7. The maximum Gasteiger partial charge on any atom is 0.222 e. The van der Waals surface area contributed by atoms with Crippen molar-refractivity contribution < 1.29 is 9.90 Å². The van der Waals surface area contributed by atoms with Gasteiger partial charge in [0.05, 0.1) is 0 Å². The van der Waals surface area contributed by atoms with Crippen LogP contribution < -0.4 is 0 Å². The molecule has 1 N–H and O–H groups in total. The first-order chi connectivity index (χ1) is 14.9. The first kappa shape index (κ1) is 24.2. The molecule has 5 heteroatoms. The second kappa shape index (κ2) is 9.62. The molecule has 1 amide bonds. The monoisotopic (exact) mass is 437 g/mol. The Balaban J connectivity index is 1.61.